The molecule has 0 radical (unpaired) electrons. The third kappa shape index (κ3) is 6.93. The molecule has 3 aromatic rings. The van der Waals surface area contributed by atoms with Crippen molar-refractivity contribution in [2.75, 3.05) is 30.3 Å². The third-order valence-corrected chi connectivity index (χ3v) is 6.47. The fourth-order valence-corrected chi connectivity index (χ4v) is 4.72. The SMILES string of the molecule is O=[SH](=O)Cc1ccc(NCC#Cc2cc3c(NC4CCNCC4)cccc3n2CC(F)(F)F)cc1. The topological polar surface area (TPSA) is 75.2 Å². The minimum absolute atomic E-state index is 0.0202. The Balaban J connectivity index is 1.54. The lowest BCUT2D eigenvalue weighted by molar-refractivity contribution is -0.140. The zero-order valence-corrected chi connectivity index (χ0v) is 19.9. The van der Waals surface area contributed by atoms with Crippen LogP contribution in [-0.4, -0.2) is 44.8 Å². The molecule has 2 aromatic carbocycles. The molecule has 2 heterocycles. The number of thiol groups is 1. The number of hydrogen-bond acceptors (Lipinski definition) is 5. The Bertz CT molecular complexity index is 1290. The van der Waals surface area contributed by atoms with Gasteiger partial charge in [-0.15, -0.1) is 0 Å². The predicted molar refractivity (Wildman–Crippen MR) is 133 cm³/mol. The second-order valence-electron chi connectivity index (χ2n) is 8.48. The maximum Gasteiger partial charge on any atom is 0.406 e. The standard InChI is InChI=1S/C25H27F3N4O2S/c26-25(27,28)17-32-21(3-2-12-30-19-8-6-18(7-9-19)16-35(33)34)15-22-23(4-1-5-24(22)32)31-20-10-13-29-14-11-20/h1,4-9,15,20,29-31,35H,10-14,16-17H2. The van der Waals surface area contributed by atoms with E-state index in [0.717, 1.165) is 42.7 Å². The number of hydrogen-bond donors (Lipinski definition) is 4. The largest absolute Gasteiger partial charge is 0.406 e. The van der Waals surface area contributed by atoms with E-state index in [9.17, 15) is 21.6 Å². The molecule has 10 heteroatoms. The predicted octanol–water partition coefficient (Wildman–Crippen LogP) is 3.94. The summed E-state index contributed by atoms with van der Waals surface area (Å²) in [5.41, 5.74) is 3.03. The Kier molecular flexibility index (Phi) is 7.88. The number of fused-ring (bicyclic) bond motifs is 1. The molecule has 0 bridgehead atoms. The van der Waals surface area contributed by atoms with Gasteiger partial charge in [-0.3, -0.25) is 0 Å². The Labute approximate surface area is 203 Å². The number of halogens is 3. The number of rotatable bonds is 7. The summed E-state index contributed by atoms with van der Waals surface area (Å²) >= 11 is 0. The van der Waals surface area contributed by atoms with Crippen LogP contribution in [0, 0.1) is 11.8 Å². The van der Waals surface area contributed by atoms with Crippen molar-refractivity contribution < 1.29 is 21.6 Å². The van der Waals surface area contributed by atoms with Gasteiger partial charge in [0.2, 0.25) is 0 Å². The quantitative estimate of drug-likeness (QED) is 0.290. The summed E-state index contributed by atoms with van der Waals surface area (Å²) in [7, 11) is -2.49. The first kappa shape index (κ1) is 24.9. The van der Waals surface area contributed by atoms with Crippen LogP contribution in [0.4, 0.5) is 24.5 Å². The average Bonchev–Trinajstić information content (AvgIpc) is 3.15. The Morgan fingerprint density at radius 3 is 2.51 bits per heavy atom. The van der Waals surface area contributed by atoms with Crippen LogP contribution in [0.2, 0.25) is 0 Å². The van der Waals surface area contributed by atoms with Crippen molar-refractivity contribution in [3.05, 3.63) is 59.8 Å². The molecule has 0 atom stereocenters. The van der Waals surface area contributed by atoms with Crippen LogP contribution in [0.15, 0.2) is 48.5 Å². The summed E-state index contributed by atoms with van der Waals surface area (Å²) < 4.78 is 63.0. The molecule has 1 aliphatic heterocycles. The van der Waals surface area contributed by atoms with Gasteiger partial charge in [-0.25, -0.2) is 8.42 Å². The van der Waals surface area contributed by atoms with Gasteiger partial charge in [0.05, 0.1) is 23.5 Å². The maximum absolute atomic E-state index is 13.4. The summed E-state index contributed by atoms with van der Waals surface area (Å²) in [6.07, 6.45) is -2.47. The molecule has 1 saturated heterocycles. The van der Waals surface area contributed by atoms with Crippen molar-refractivity contribution in [2.45, 2.75) is 37.4 Å². The fourth-order valence-electron chi connectivity index (χ4n) is 4.21. The molecule has 0 amide bonds. The second-order valence-corrected chi connectivity index (χ2v) is 9.46. The van der Waals surface area contributed by atoms with Crippen molar-refractivity contribution in [3.63, 3.8) is 0 Å². The van der Waals surface area contributed by atoms with Gasteiger partial charge < -0.3 is 20.5 Å². The van der Waals surface area contributed by atoms with Crippen molar-refractivity contribution in [3.8, 4) is 11.8 Å². The fraction of sp³-hybridized carbons (Fsp3) is 0.360. The highest BCUT2D eigenvalue weighted by Crippen LogP contribution is 2.31. The highest BCUT2D eigenvalue weighted by Gasteiger charge is 2.30. The molecule has 1 aliphatic rings. The van der Waals surface area contributed by atoms with Gasteiger partial charge in [0, 0.05) is 22.8 Å². The lowest BCUT2D eigenvalue weighted by atomic mass is 10.1. The first-order valence-electron chi connectivity index (χ1n) is 11.4. The third-order valence-electron chi connectivity index (χ3n) is 5.84. The van der Waals surface area contributed by atoms with E-state index in [4.69, 9.17) is 0 Å². The van der Waals surface area contributed by atoms with Gasteiger partial charge in [-0.1, -0.05) is 24.1 Å². The lowest BCUT2D eigenvalue weighted by Crippen LogP contribution is -2.35. The van der Waals surface area contributed by atoms with E-state index in [-0.39, 0.29) is 18.3 Å². The van der Waals surface area contributed by atoms with Gasteiger partial charge in [-0.2, -0.15) is 13.2 Å². The normalized spacial score (nSPS) is 14.6. The molecular weight excluding hydrogens is 477 g/mol. The van der Waals surface area contributed by atoms with Gasteiger partial charge in [0.15, 0.2) is 0 Å². The first-order chi connectivity index (χ1) is 16.8. The van der Waals surface area contributed by atoms with Crippen LogP contribution >= 0.6 is 0 Å². The van der Waals surface area contributed by atoms with E-state index in [1.54, 1.807) is 42.5 Å². The van der Waals surface area contributed by atoms with E-state index < -0.39 is 23.4 Å². The zero-order valence-electron chi connectivity index (χ0n) is 19.0. The molecule has 6 nitrogen and oxygen atoms in total. The number of nitrogens with one attached hydrogen (secondary N) is 3. The Morgan fingerprint density at radius 1 is 1.09 bits per heavy atom. The zero-order chi connectivity index (χ0) is 24.8. The second kappa shape index (κ2) is 11.1. The molecule has 35 heavy (non-hydrogen) atoms. The minimum Gasteiger partial charge on any atom is -0.382 e. The number of nitrogens with zero attached hydrogens (tertiary/aromatic N) is 1. The van der Waals surface area contributed by atoms with E-state index in [0.29, 0.717) is 16.8 Å². The van der Waals surface area contributed by atoms with Gasteiger partial charge in [0.1, 0.15) is 17.2 Å². The molecule has 186 valence electrons. The van der Waals surface area contributed by atoms with Crippen molar-refractivity contribution in [1.29, 1.82) is 0 Å². The first-order valence-corrected chi connectivity index (χ1v) is 12.7. The van der Waals surface area contributed by atoms with Crippen LogP contribution in [0.3, 0.4) is 0 Å². The molecule has 0 saturated carbocycles. The van der Waals surface area contributed by atoms with E-state index in [1.165, 1.54) is 4.57 Å². The van der Waals surface area contributed by atoms with Gasteiger partial charge >= 0.3 is 6.18 Å². The molecule has 1 aromatic heterocycles. The highest BCUT2D eigenvalue weighted by atomic mass is 32.2. The van der Waals surface area contributed by atoms with Crippen LogP contribution in [0.5, 0.6) is 0 Å². The average molecular weight is 505 g/mol. The number of alkyl halides is 3. The highest BCUT2D eigenvalue weighted by molar-refractivity contribution is 7.71. The van der Waals surface area contributed by atoms with Crippen LogP contribution in [-0.2, 0) is 23.0 Å². The van der Waals surface area contributed by atoms with Gasteiger partial charge in [-0.05, 0) is 67.7 Å². The van der Waals surface area contributed by atoms with E-state index >= 15 is 0 Å². The smallest absolute Gasteiger partial charge is 0.382 e. The summed E-state index contributed by atoms with van der Waals surface area (Å²) in [4.78, 5) is 0. The Hall–Kier alpha value is -3.16. The molecule has 1 fully saturated rings. The molecule has 0 spiro atoms. The number of aromatic nitrogens is 1. The Morgan fingerprint density at radius 2 is 1.83 bits per heavy atom. The minimum atomic E-state index is -4.38. The van der Waals surface area contributed by atoms with Crippen molar-refractivity contribution in [1.82, 2.24) is 9.88 Å². The number of piperidine rings is 1. The molecule has 0 unspecified atom stereocenters. The summed E-state index contributed by atoms with van der Waals surface area (Å²) in [5.74, 6) is 5.79. The number of anilines is 2. The monoisotopic (exact) mass is 504 g/mol. The van der Waals surface area contributed by atoms with Gasteiger partial charge in [0.25, 0.3) is 0 Å². The van der Waals surface area contributed by atoms with Crippen molar-refractivity contribution in [2.24, 2.45) is 0 Å². The van der Waals surface area contributed by atoms with E-state index in [1.807, 2.05) is 6.07 Å². The molecule has 4 rings (SSSR count). The number of benzene rings is 2. The molecule has 3 N–H and O–H groups in total. The van der Waals surface area contributed by atoms with Crippen LogP contribution < -0.4 is 16.0 Å². The summed E-state index contributed by atoms with van der Waals surface area (Å²) in [6, 6.07) is 14.2. The van der Waals surface area contributed by atoms with Crippen LogP contribution in [0.1, 0.15) is 24.1 Å². The summed E-state index contributed by atoms with van der Waals surface area (Å²) in [5, 5.41) is 10.6. The maximum atomic E-state index is 13.4. The molecular formula is C25H27F3N4O2S. The van der Waals surface area contributed by atoms with Crippen molar-refractivity contribution >= 4 is 33.0 Å². The van der Waals surface area contributed by atoms with E-state index in [2.05, 4.69) is 27.8 Å². The summed E-state index contributed by atoms with van der Waals surface area (Å²) in [6.45, 7) is 0.929. The molecule has 0 aliphatic carbocycles. The lowest BCUT2D eigenvalue weighted by Gasteiger charge is -2.25. The van der Waals surface area contributed by atoms with Crippen LogP contribution in [0.25, 0.3) is 10.9 Å².